The number of nitrogens with one attached hydrogen (secondary N) is 1. The van der Waals surface area contributed by atoms with Gasteiger partial charge >= 0.3 is 0 Å². The van der Waals surface area contributed by atoms with E-state index in [1.54, 1.807) is 6.07 Å². The van der Waals surface area contributed by atoms with Gasteiger partial charge in [-0.3, -0.25) is 0 Å². The Morgan fingerprint density at radius 2 is 2.15 bits per heavy atom. The van der Waals surface area contributed by atoms with Crippen LogP contribution in [0.5, 0.6) is 6.01 Å². The molecule has 5 heterocycles. The van der Waals surface area contributed by atoms with Gasteiger partial charge in [0.15, 0.2) is 11.8 Å². The summed E-state index contributed by atoms with van der Waals surface area (Å²) in [6.45, 7) is 4.87. The van der Waals surface area contributed by atoms with Crippen molar-refractivity contribution in [2.75, 3.05) is 13.2 Å². The Balaban J connectivity index is 1.48. The minimum atomic E-state index is -0.180. The van der Waals surface area contributed by atoms with Crippen molar-refractivity contribution in [1.82, 2.24) is 20.1 Å². The van der Waals surface area contributed by atoms with Crippen LogP contribution in [0.3, 0.4) is 0 Å². The molecule has 1 N–H and O–H groups in total. The average Bonchev–Trinajstić information content (AvgIpc) is 3.34. The molecular formula is C17H17ClN4O4. The Hall–Kier alpha value is -2.16. The number of ether oxygens (including phenoxy) is 3. The van der Waals surface area contributed by atoms with E-state index in [2.05, 4.69) is 20.1 Å². The number of pyridine rings is 1. The molecule has 8 nitrogen and oxygen atoms in total. The zero-order valence-corrected chi connectivity index (χ0v) is 15.0. The zero-order chi connectivity index (χ0) is 17.8. The van der Waals surface area contributed by atoms with E-state index in [0.717, 1.165) is 17.7 Å². The van der Waals surface area contributed by atoms with E-state index >= 15 is 0 Å². The molecule has 0 spiro atoms. The van der Waals surface area contributed by atoms with E-state index in [0.29, 0.717) is 46.9 Å². The number of halogens is 1. The Morgan fingerprint density at radius 1 is 1.27 bits per heavy atom. The molecule has 2 fully saturated rings. The van der Waals surface area contributed by atoms with Crippen LogP contribution >= 0.6 is 11.6 Å². The molecule has 0 saturated carbocycles. The number of imidazole rings is 1. The van der Waals surface area contributed by atoms with Gasteiger partial charge in [0.05, 0.1) is 40.2 Å². The Bertz CT molecular complexity index is 965. The smallest absolute Gasteiger partial charge is 0.296 e. The Morgan fingerprint density at radius 3 is 2.96 bits per heavy atom. The van der Waals surface area contributed by atoms with E-state index in [4.69, 9.17) is 30.3 Å². The van der Waals surface area contributed by atoms with Crippen LogP contribution in [-0.4, -0.2) is 51.6 Å². The summed E-state index contributed by atoms with van der Waals surface area (Å²) in [4.78, 5) is 12.1. The lowest BCUT2D eigenvalue weighted by Crippen LogP contribution is -2.32. The summed E-state index contributed by atoms with van der Waals surface area (Å²) in [6, 6.07) is 2.16. The molecular weight excluding hydrogens is 360 g/mol. The monoisotopic (exact) mass is 376 g/mol. The van der Waals surface area contributed by atoms with Gasteiger partial charge in [-0.15, -0.1) is 0 Å². The first-order chi connectivity index (χ1) is 12.6. The Kier molecular flexibility index (Phi) is 3.66. The molecule has 0 bridgehead atoms. The molecule has 136 valence electrons. The van der Waals surface area contributed by atoms with E-state index in [1.165, 1.54) is 0 Å². The molecule has 0 amide bonds. The van der Waals surface area contributed by atoms with Crippen LogP contribution < -0.4 is 4.74 Å². The first-order valence-corrected chi connectivity index (χ1v) is 8.87. The number of hydrogen-bond acceptors (Lipinski definition) is 7. The molecule has 0 radical (unpaired) electrons. The van der Waals surface area contributed by atoms with E-state index in [-0.39, 0.29) is 18.3 Å². The number of fused-ring (bicyclic) bond motifs is 2. The van der Waals surface area contributed by atoms with E-state index in [9.17, 15) is 0 Å². The quantitative estimate of drug-likeness (QED) is 0.750. The van der Waals surface area contributed by atoms with Crippen molar-refractivity contribution in [3.63, 3.8) is 0 Å². The topological polar surface area (TPSA) is 95.3 Å². The molecule has 3 atom stereocenters. The van der Waals surface area contributed by atoms with Crippen LogP contribution in [0.15, 0.2) is 10.6 Å². The number of nitrogens with zero attached hydrogens (tertiary/aromatic N) is 3. The SMILES string of the molecule is Cc1noc(C)c1-c1nc2nc(OC3COC4CCOC43)[nH]c2cc1Cl. The molecule has 9 heteroatoms. The summed E-state index contributed by atoms with van der Waals surface area (Å²) in [5.41, 5.74) is 3.33. The lowest BCUT2D eigenvalue weighted by Gasteiger charge is -2.15. The molecule has 2 aliphatic rings. The highest BCUT2D eigenvalue weighted by Crippen LogP contribution is 2.34. The fraction of sp³-hybridized carbons (Fsp3) is 0.471. The second-order valence-electron chi connectivity index (χ2n) is 6.58. The predicted molar refractivity (Wildman–Crippen MR) is 92.4 cm³/mol. The highest BCUT2D eigenvalue weighted by atomic mass is 35.5. The fourth-order valence-electron chi connectivity index (χ4n) is 3.62. The summed E-state index contributed by atoms with van der Waals surface area (Å²) in [5, 5.41) is 4.45. The maximum absolute atomic E-state index is 6.43. The van der Waals surface area contributed by atoms with Gasteiger partial charge in [-0.2, -0.15) is 4.98 Å². The van der Waals surface area contributed by atoms with Gasteiger partial charge in [0.2, 0.25) is 0 Å². The third-order valence-corrected chi connectivity index (χ3v) is 5.15. The highest BCUT2D eigenvalue weighted by Gasteiger charge is 2.43. The minimum absolute atomic E-state index is 0.0439. The van der Waals surface area contributed by atoms with Gasteiger partial charge in [0, 0.05) is 6.61 Å². The first-order valence-electron chi connectivity index (χ1n) is 8.49. The second kappa shape index (κ2) is 5.94. The van der Waals surface area contributed by atoms with Crippen LogP contribution in [0, 0.1) is 13.8 Å². The lowest BCUT2D eigenvalue weighted by atomic mass is 10.1. The van der Waals surface area contributed by atoms with Crippen LogP contribution in [-0.2, 0) is 9.47 Å². The number of aryl methyl sites for hydroxylation is 2. The zero-order valence-electron chi connectivity index (χ0n) is 14.3. The van der Waals surface area contributed by atoms with Crippen molar-refractivity contribution < 1.29 is 18.7 Å². The summed E-state index contributed by atoms with van der Waals surface area (Å²) >= 11 is 6.43. The van der Waals surface area contributed by atoms with Crippen molar-refractivity contribution >= 4 is 22.8 Å². The molecule has 2 saturated heterocycles. The maximum Gasteiger partial charge on any atom is 0.296 e. The molecule has 5 rings (SSSR count). The fourth-order valence-corrected chi connectivity index (χ4v) is 3.87. The van der Waals surface area contributed by atoms with Gasteiger partial charge in [-0.25, -0.2) is 4.98 Å². The largest absolute Gasteiger partial charge is 0.456 e. The predicted octanol–water partition coefficient (Wildman–Crippen LogP) is 2.82. The minimum Gasteiger partial charge on any atom is -0.456 e. The summed E-state index contributed by atoms with van der Waals surface area (Å²) in [6.07, 6.45) is 0.795. The molecule has 3 aromatic rings. The number of H-pyrrole nitrogens is 1. The van der Waals surface area contributed by atoms with Crippen LogP contribution in [0.4, 0.5) is 0 Å². The van der Waals surface area contributed by atoms with Crippen LogP contribution in [0.2, 0.25) is 5.02 Å². The molecule has 2 aliphatic heterocycles. The van der Waals surface area contributed by atoms with Crippen molar-refractivity contribution in [1.29, 1.82) is 0 Å². The van der Waals surface area contributed by atoms with Gasteiger partial charge in [-0.05, 0) is 26.3 Å². The van der Waals surface area contributed by atoms with Gasteiger partial charge in [0.1, 0.15) is 11.9 Å². The Labute approximate surface area is 153 Å². The molecule has 3 unspecified atom stereocenters. The van der Waals surface area contributed by atoms with E-state index < -0.39 is 0 Å². The third-order valence-electron chi connectivity index (χ3n) is 4.86. The molecule has 0 aromatic carbocycles. The van der Waals surface area contributed by atoms with Crippen molar-refractivity contribution in [3.8, 4) is 17.3 Å². The number of rotatable bonds is 3. The molecule has 0 aliphatic carbocycles. The summed E-state index contributed by atoms with van der Waals surface area (Å²) < 4.78 is 22.6. The van der Waals surface area contributed by atoms with Gasteiger partial charge in [-0.1, -0.05) is 16.8 Å². The van der Waals surface area contributed by atoms with Crippen molar-refractivity contribution in [3.05, 3.63) is 22.5 Å². The summed E-state index contributed by atoms with van der Waals surface area (Å²) in [5.74, 6) is 0.663. The van der Waals surface area contributed by atoms with Crippen LogP contribution in [0.1, 0.15) is 17.9 Å². The van der Waals surface area contributed by atoms with E-state index in [1.807, 2.05) is 13.8 Å². The maximum atomic E-state index is 6.43. The normalized spacial score (nSPS) is 25.1. The van der Waals surface area contributed by atoms with Gasteiger partial charge in [0.25, 0.3) is 6.01 Å². The lowest BCUT2D eigenvalue weighted by molar-refractivity contribution is 0.0273. The molecule has 3 aromatic heterocycles. The van der Waals surface area contributed by atoms with Gasteiger partial charge < -0.3 is 23.7 Å². The standard InChI is InChI=1S/C17H17ClN4O4/c1-7-13(8(2)26-22-7)14-9(18)5-10-16(20-14)21-17(19-10)25-12-6-24-11-3-4-23-15(11)12/h5,11-12,15H,3-4,6H2,1-2H3,(H,19,20,21). The second-order valence-corrected chi connectivity index (χ2v) is 6.99. The number of aromatic amines is 1. The number of hydrogen-bond donors (Lipinski definition) is 1. The molecule has 26 heavy (non-hydrogen) atoms. The first kappa shape index (κ1) is 16.0. The van der Waals surface area contributed by atoms with Crippen molar-refractivity contribution in [2.24, 2.45) is 0 Å². The number of aromatic nitrogens is 4. The third kappa shape index (κ3) is 2.48. The van der Waals surface area contributed by atoms with Crippen LogP contribution in [0.25, 0.3) is 22.4 Å². The van der Waals surface area contributed by atoms with Crippen molar-refractivity contribution in [2.45, 2.75) is 38.6 Å². The summed E-state index contributed by atoms with van der Waals surface area (Å²) in [7, 11) is 0. The average molecular weight is 377 g/mol. The highest BCUT2D eigenvalue weighted by molar-refractivity contribution is 6.33.